The van der Waals surface area contributed by atoms with Crippen molar-refractivity contribution in [2.24, 2.45) is 0 Å². The summed E-state index contributed by atoms with van der Waals surface area (Å²) >= 11 is 0. The van der Waals surface area contributed by atoms with Crippen LogP contribution < -0.4 is 4.90 Å². The summed E-state index contributed by atoms with van der Waals surface area (Å²) in [6.45, 7) is 1.69. The van der Waals surface area contributed by atoms with Crippen LogP contribution in [-0.4, -0.2) is 47.3 Å². The molecule has 2 heterocycles. The molecule has 5 nitrogen and oxygen atoms in total. The van der Waals surface area contributed by atoms with E-state index in [0.717, 1.165) is 35.4 Å². The van der Waals surface area contributed by atoms with Gasteiger partial charge in [0, 0.05) is 26.3 Å². The monoisotopic (exact) mass is 363 g/mol. The van der Waals surface area contributed by atoms with Gasteiger partial charge in [-0.15, -0.1) is 0 Å². The smallest absolute Gasteiger partial charge is 0.257 e. The molecule has 1 amide bonds. The second-order valence-corrected chi connectivity index (χ2v) is 7.11. The Morgan fingerprint density at radius 2 is 1.81 bits per heavy atom. The van der Waals surface area contributed by atoms with Crippen molar-refractivity contribution in [3.8, 4) is 5.69 Å². The van der Waals surface area contributed by atoms with Crippen molar-refractivity contribution < 1.29 is 9.90 Å². The highest BCUT2D eigenvalue weighted by atomic mass is 16.3. The molecule has 1 saturated heterocycles. The second kappa shape index (κ2) is 7.45. The molecule has 1 fully saturated rings. The molecule has 0 saturated carbocycles. The average molecular weight is 363 g/mol. The normalized spacial score (nSPS) is 14.5. The Labute approximate surface area is 159 Å². The fourth-order valence-electron chi connectivity index (χ4n) is 3.89. The van der Waals surface area contributed by atoms with Crippen molar-refractivity contribution in [1.82, 2.24) is 9.47 Å². The minimum atomic E-state index is -0.307. The molecule has 1 N–H and O–H groups in total. The number of para-hydroxylation sites is 2. The van der Waals surface area contributed by atoms with E-state index in [2.05, 4.69) is 33.7 Å². The van der Waals surface area contributed by atoms with Gasteiger partial charge in [0.2, 0.25) is 0 Å². The SMILES string of the molecule is CN(CO)C(=O)c1cccc(N2CCCCC2)c1-n1ccc2ccccc21. The minimum Gasteiger partial charge on any atom is -0.376 e. The van der Waals surface area contributed by atoms with Gasteiger partial charge < -0.3 is 19.5 Å². The zero-order valence-electron chi connectivity index (χ0n) is 15.6. The highest BCUT2D eigenvalue weighted by Gasteiger charge is 2.23. The number of aliphatic hydroxyl groups excluding tert-OH is 1. The summed E-state index contributed by atoms with van der Waals surface area (Å²) in [5.74, 6) is -0.177. The van der Waals surface area contributed by atoms with Crippen molar-refractivity contribution in [3.05, 3.63) is 60.3 Å². The van der Waals surface area contributed by atoms with Gasteiger partial charge in [0.15, 0.2) is 0 Å². The number of hydrogen-bond acceptors (Lipinski definition) is 3. The third kappa shape index (κ3) is 3.19. The Hall–Kier alpha value is -2.79. The number of carbonyl (C=O) groups is 1. The maximum Gasteiger partial charge on any atom is 0.257 e. The van der Waals surface area contributed by atoms with Crippen molar-refractivity contribution in [1.29, 1.82) is 0 Å². The summed E-state index contributed by atoms with van der Waals surface area (Å²) in [6.07, 6.45) is 5.62. The first kappa shape index (κ1) is 17.6. The third-order valence-electron chi connectivity index (χ3n) is 5.34. The van der Waals surface area contributed by atoms with Gasteiger partial charge in [0.1, 0.15) is 6.73 Å². The Morgan fingerprint density at radius 3 is 2.59 bits per heavy atom. The molecule has 1 aromatic heterocycles. The standard InChI is InChI=1S/C22H25N3O2/c1-23(16-26)22(27)18-9-7-11-20(24-13-5-2-6-14-24)21(18)25-15-12-17-8-3-4-10-19(17)25/h3-4,7-12,15,26H,2,5-6,13-14,16H2,1H3. The summed E-state index contributed by atoms with van der Waals surface area (Å²) in [5.41, 5.74) is 3.65. The molecule has 27 heavy (non-hydrogen) atoms. The molecule has 4 rings (SSSR count). The fourth-order valence-corrected chi connectivity index (χ4v) is 3.89. The minimum absolute atomic E-state index is 0.177. The zero-order chi connectivity index (χ0) is 18.8. The molecule has 0 radical (unpaired) electrons. The molecule has 0 bridgehead atoms. The van der Waals surface area contributed by atoms with Gasteiger partial charge in [-0.05, 0) is 48.9 Å². The lowest BCUT2D eigenvalue weighted by Gasteiger charge is -2.32. The molecule has 5 heteroatoms. The highest BCUT2D eigenvalue weighted by molar-refractivity contribution is 6.01. The Balaban J connectivity index is 1.94. The summed E-state index contributed by atoms with van der Waals surface area (Å²) < 4.78 is 2.11. The maximum absolute atomic E-state index is 13.0. The molecule has 0 aliphatic carbocycles. The first-order valence-corrected chi connectivity index (χ1v) is 9.51. The number of rotatable bonds is 4. The Bertz CT molecular complexity index is 957. The van der Waals surface area contributed by atoms with Crippen molar-refractivity contribution >= 4 is 22.5 Å². The molecule has 0 unspecified atom stereocenters. The molecule has 2 aromatic carbocycles. The number of benzene rings is 2. The number of amides is 1. The molecule has 0 atom stereocenters. The van der Waals surface area contributed by atoms with Crippen LogP contribution in [0.3, 0.4) is 0 Å². The first-order chi connectivity index (χ1) is 13.2. The van der Waals surface area contributed by atoms with Gasteiger partial charge in [-0.3, -0.25) is 4.79 Å². The molecule has 0 spiro atoms. The Kier molecular flexibility index (Phi) is 4.86. The third-order valence-corrected chi connectivity index (χ3v) is 5.34. The van der Waals surface area contributed by atoms with Crippen molar-refractivity contribution in [2.45, 2.75) is 19.3 Å². The number of aromatic nitrogens is 1. The quantitative estimate of drug-likeness (QED) is 0.720. The van der Waals surface area contributed by atoms with Gasteiger partial charge in [-0.2, -0.15) is 0 Å². The van der Waals surface area contributed by atoms with Crippen LogP contribution in [0.4, 0.5) is 5.69 Å². The number of nitrogens with zero attached hydrogens (tertiary/aromatic N) is 3. The predicted octanol–water partition coefficient (Wildman–Crippen LogP) is 3.64. The fraction of sp³-hybridized carbons (Fsp3) is 0.318. The van der Waals surface area contributed by atoms with E-state index in [1.54, 1.807) is 7.05 Å². The number of aliphatic hydroxyl groups is 1. The van der Waals surface area contributed by atoms with E-state index in [-0.39, 0.29) is 12.6 Å². The summed E-state index contributed by atoms with van der Waals surface area (Å²) in [5, 5.41) is 10.6. The molecule has 1 aliphatic rings. The van der Waals surface area contributed by atoms with E-state index in [4.69, 9.17) is 0 Å². The predicted molar refractivity (Wildman–Crippen MR) is 109 cm³/mol. The summed E-state index contributed by atoms with van der Waals surface area (Å²) in [6, 6.07) is 16.2. The summed E-state index contributed by atoms with van der Waals surface area (Å²) in [7, 11) is 1.62. The van der Waals surface area contributed by atoms with Crippen LogP contribution in [0.1, 0.15) is 29.6 Å². The van der Waals surface area contributed by atoms with E-state index in [1.807, 2.05) is 30.5 Å². The van der Waals surface area contributed by atoms with Crippen LogP contribution >= 0.6 is 0 Å². The second-order valence-electron chi connectivity index (χ2n) is 7.11. The van der Waals surface area contributed by atoms with Crippen LogP contribution in [0.5, 0.6) is 0 Å². The number of fused-ring (bicyclic) bond motifs is 1. The zero-order valence-corrected chi connectivity index (χ0v) is 15.6. The highest BCUT2D eigenvalue weighted by Crippen LogP contribution is 2.33. The molecule has 3 aromatic rings. The maximum atomic E-state index is 13.0. The average Bonchev–Trinajstić information content (AvgIpc) is 3.16. The summed E-state index contributed by atoms with van der Waals surface area (Å²) in [4.78, 5) is 16.7. The largest absolute Gasteiger partial charge is 0.376 e. The van der Waals surface area contributed by atoms with Crippen LogP contribution in [0.25, 0.3) is 16.6 Å². The lowest BCUT2D eigenvalue weighted by Crippen LogP contribution is -2.32. The van der Waals surface area contributed by atoms with Gasteiger partial charge >= 0.3 is 0 Å². The molecule has 1 aliphatic heterocycles. The van der Waals surface area contributed by atoms with E-state index in [0.29, 0.717) is 5.56 Å². The van der Waals surface area contributed by atoms with E-state index in [1.165, 1.54) is 24.2 Å². The number of anilines is 1. The lowest BCUT2D eigenvalue weighted by molar-refractivity contribution is 0.0630. The van der Waals surface area contributed by atoms with Crippen LogP contribution in [0.15, 0.2) is 54.7 Å². The lowest BCUT2D eigenvalue weighted by atomic mass is 10.1. The molecular weight excluding hydrogens is 338 g/mol. The van der Waals surface area contributed by atoms with Crippen molar-refractivity contribution in [3.63, 3.8) is 0 Å². The number of piperidine rings is 1. The van der Waals surface area contributed by atoms with Crippen LogP contribution in [0, 0.1) is 0 Å². The van der Waals surface area contributed by atoms with Gasteiger partial charge in [-0.25, -0.2) is 0 Å². The first-order valence-electron chi connectivity index (χ1n) is 9.51. The topological polar surface area (TPSA) is 48.7 Å². The number of hydrogen-bond donors (Lipinski definition) is 1. The molecule has 140 valence electrons. The van der Waals surface area contributed by atoms with Crippen LogP contribution in [0.2, 0.25) is 0 Å². The van der Waals surface area contributed by atoms with Crippen molar-refractivity contribution in [2.75, 3.05) is 31.8 Å². The van der Waals surface area contributed by atoms with Crippen LogP contribution in [-0.2, 0) is 0 Å². The van der Waals surface area contributed by atoms with Gasteiger partial charge in [0.05, 0.1) is 22.5 Å². The molecular formula is C22H25N3O2. The number of carbonyl (C=O) groups excluding carboxylic acids is 1. The van der Waals surface area contributed by atoms with E-state index >= 15 is 0 Å². The van der Waals surface area contributed by atoms with Gasteiger partial charge in [0.25, 0.3) is 5.91 Å². The van der Waals surface area contributed by atoms with E-state index in [9.17, 15) is 9.90 Å². The van der Waals surface area contributed by atoms with E-state index < -0.39 is 0 Å². The Morgan fingerprint density at radius 1 is 1.04 bits per heavy atom. The van der Waals surface area contributed by atoms with Gasteiger partial charge in [-0.1, -0.05) is 24.3 Å².